The van der Waals surface area contributed by atoms with Crippen molar-refractivity contribution in [3.8, 4) is 0 Å². The first-order valence-electron chi connectivity index (χ1n) is 4.17. The molecule has 66 valence electrons. The van der Waals surface area contributed by atoms with Gasteiger partial charge >= 0.3 is 0 Å². The Morgan fingerprint density at radius 3 is 2.92 bits per heavy atom. The summed E-state index contributed by atoms with van der Waals surface area (Å²) in [7, 11) is 0. The van der Waals surface area contributed by atoms with E-state index in [0.717, 1.165) is 0 Å². The minimum Gasteiger partial charge on any atom is -0.321 e. The number of nitrogens with two attached hydrogens (primary N) is 1. The first-order valence-corrected chi connectivity index (χ1v) is 5.05. The number of fused-ring (bicyclic) bond motifs is 1. The molecule has 1 aromatic carbocycles. The molecule has 0 aliphatic carbocycles. The van der Waals surface area contributed by atoms with E-state index in [1.165, 1.54) is 15.6 Å². The molecular formula is C11H11NS. The van der Waals surface area contributed by atoms with Crippen LogP contribution in [-0.2, 0) is 0 Å². The number of hydrogen-bond donors (Lipinski definition) is 1. The summed E-state index contributed by atoms with van der Waals surface area (Å²) < 4.78 is 1.29. The summed E-state index contributed by atoms with van der Waals surface area (Å²) in [6.45, 7) is 3.70. The Morgan fingerprint density at radius 2 is 2.15 bits per heavy atom. The summed E-state index contributed by atoms with van der Waals surface area (Å²) in [6, 6.07) is 8.25. The fraction of sp³-hybridized carbons (Fsp3) is 0.0909. The average molecular weight is 189 g/mol. The van der Waals surface area contributed by atoms with Crippen LogP contribution in [0.5, 0.6) is 0 Å². The summed E-state index contributed by atoms with van der Waals surface area (Å²) in [5.41, 5.74) is 7.07. The second kappa shape index (κ2) is 3.32. The van der Waals surface area contributed by atoms with Crippen LogP contribution in [0.15, 0.2) is 42.3 Å². The summed E-state index contributed by atoms with van der Waals surface area (Å²) in [5.74, 6) is 0. The third kappa shape index (κ3) is 1.39. The van der Waals surface area contributed by atoms with E-state index in [4.69, 9.17) is 5.73 Å². The van der Waals surface area contributed by atoms with Crippen LogP contribution in [-0.4, -0.2) is 0 Å². The Labute approximate surface area is 81.5 Å². The topological polar surface area (TPSA) is 26.0 Å². The molecule has 0 fully saturated rings. The van der Waals surface area contributed by atoms with Crippen molar-refractivity contribution in [2.75, 3.05) is 0 Å². The molecule has 2 heteroatoms. The fourth-order valence-electron chi connectivity index (χ4n) is 1.38. The van der Waals surface area contributed by atoms with Crippen LogP contribution < -0.4 is 5.73 Å². The number of thiophene rings is 1. The molecule has 1 nitrogen and oxygen atoms in total. The quantitative estimate of drug-likeness (QED) is 0.722. The van der Waals surface area contributed by atoms with Gasteiger partial charge in [-0.1, -0.05) is 24.3 Å². The highest BCUT2D eigenvalue weighted by atomic mass is 32.1. The molecule has 0 saturated carbocycles. The number of hydrogen-bond acceptors (Lipinski definition) is 2. The molecule has 13 heavy (non-hydrogen) atoms. The summed E-state index contributed by atoms with van der Waals surface area (Å²) >= 11 is 1.73. The van der Waals surface area contributed by atoms with Crippen molar-refractivity contribution in [3.05, 3.63) is 47.9 Å². The molecule has 1 aromatic heterocycles. The molecular weight excluding hydrogens is 178 g/mol. The van der Waals surface area contributed by atoms with Gasteiger partial charge in [-0.25, -0.2) is 0 Å². The van der Waals surface area contributed by atoms with Crippen LogP contribution in [0.25, 0.3) is 10.1 Å². The van der Waals surface area contributed by atoms with Gasteiger partial charge in [0.05, 0.1) is 0 Å². The molecule has 2 aromatic rings. The maximum atomic E-state index is 5.89. The van der Waals surface area contributed by atoms with Crippen LogP contribution >= 0.6 is 11.3 Å². The lowest BCUT2D eigenvalue weighted by Gasteiger charge is -2.03. The second-order valence-corrected chi connectivity index (χ2v) is 3.86. The maximum Gasteiger partial charge on any atom is 0.0493 e. The SMILES string of the molecule is C=CC(N)c1csc2ccccc12. The molecule has 2 N–H and O–H groups in total. The highest BCUT2D eigenvalue weighted by molar-refractivity contribution is 7.17. The maximum absolute atomic E-state index is 5.89. The zero-order valence-electron chi connectivity index (χ0n) is 7.23. The summed E-state index contributed by atoms with van der Waals surface area (Å²) in [6.07, 6.45) is 1.77. The van der Waals surface area contributed by atoms with Crippen molar-refractivity contribution in [2.45, 2.75) is 6.04 Å². The standard InChI is InChI=1S/C11H11NS/c1-2-10(12)9-7-13-11-6-4-3-5-8(9)11/h2-7,10H,1,12H2. The van der Waals surface area contributed by atoms with E-state index in [9.17, 15) is 0 Å². The van der Waals surface area contributed by atoms with Crippen molar-refractivity contribution >= 4 is 21.4 Å². The van der Waals surface area contributed by atoms with Crippen molar-refractivity contribution in [3.63, 3.8) is 0 Å². The molecule has 0 spiro atoms. The molecule has 2 rings (SSSR count). The van der Waals surface area contributed by atoms with E-state index in [0.29, 0.717) is 0 Å². The minimum atomic E-state index is -0.0452. The summed E-state index contributed by atoms with van der Waals surface area (Å²) in [4.78, 5) is 0. The molecule has 1 atom stereocenters. The Hall–Kier alpha value is -1.12. The first-order chi connectivity index (χ1) is 6.33. The molecule has 1 heterocycles. The first kappa shape index (κ1) is 8.48. The van der Waals surface area contributed by atoms with Gasteiger partial charge in [0.2, 0.25) is 0 Å². The number of benzene rings is 1. The molecule has 0 saturated heterocycles. The zero-order valence-corrected chi connectivity index (χ0v) is 8.05. The highest BCUT2D eigenvalue weighted by Gasteiger charge is 2.07. The largest absolute Gasteiger partial charge is 0.321 e. The van der Waals surface area contributed by atoms with Gasteiger partial charge in [0.1, 0.15) is 0 Å². The van der Waals surface area contributed by atoms with Gasteiger partial charge in [0.25, 0.3) is 0 Å². The normalized spacial score (nSPS) is 13.0. The Morgan fingerprint density at radius 1 is 1.38 bits per heavy atom. The van der Waals surface area contributed by atoms with Gasteiger partial charge in [-0.2, -0.15) is 0 Å². The van der Waals surface area contributed by atoms with Gasteiger partial charge < -0.3 is 5.73 Å². The van der Waals surface area contributed by atoms with E-state index in [1.807, 2.05) is 12.1 Å². The zero-order chi connectivity index (χ0) is 9.26. The third-order valence-corrected chi connectivity index (χ3v) is 3.11. The van der Waals surface area contributed by atoms with Crippen molar-refractivity contribution < 1.29 is 0 Å². The summed E-state index contributed by atoms with van der Waals surface area (Å²) in [5, 5.41) is 3.36. The van der Waals surface area contributed by atoms with Gasteiger partial charge in [-0.3, -0.25) is 0 Å². The van der Waals surface area contributed by atoms with E-state index in [1.54, 1.807) is 17.4 Å². The van der Waals surface area contributed by atoms with Gasteiger partial charge in [0, 0.05) is 10.7 Å². The van der Waals surface area contributed by atoms with E-state index in [2.05, 4.69) is 24.1 Å². The van der Waals surface area contributed by atoms with E-state index in [-0.39, 0.29) is 6.04 Å². The second-order valence-electron chi connectivity index (χ2n) is 2.95. The Kier molecular flexibility index (Phi) is 2.17. The monoisotopic (exact) mass is 189 g/mol. The van der Waals surface area contributed by atoms with E-state index >= 15 is 0 Å². The van der Waals surface area contributed by atoms with Crippen molar-refractivity contribution in [2.24, 2.45) is 5.73 Å². The lowest BCUT2D eigenvalue weighted by molar-refractivity contribution is 0.930. The molecule has 0 aliphatic heterocycles. The van der Waals surface area contributed by atoms with Gasteiger partial charge in [-0.05, 0) is 22.4 Å². The van der Waals surface area contributed by atoms with Crippen LogP contribution in [0.1, 0.15) is 11.6 Å². The predicted molar refractivity (Wildman–Crippen MR) is 59.0 cm³/mol. The van der Waals surface area contributed by atoms with Crippen LogP contribution in [0, 0.1) is 0 Å². The smallest absolute Gasteiger partial charge is 0.0493 e. The van der Waals surface area contributed by atoms with E-state index < -0.39 is 0 Å². The fourth-order valence-corrected chi connectivity index (χ4v) is 2.39. The third-order valence-electron chi connectivity index (χ3n) is 2.12. The molecule has 0 amide bonds. The molecule has 0 aliphatic rings. The van der Waals surface area contributed by atoms with Crippen LogP contribution in [0.2, 0.25) is 0 Å². The van der Waals surface area contributed by atoms with Crippen molar-refractivity contribution in [1.82, 2.24) is 0 Å². The van der Waals surface area contributed by atoms with Gasteiger partial charge in [0.15, 0.2) is 0 Å². The number of rotatable bonds is 2. The average Bonchev–Trinajstić information content (AvgIpc) is 2.60. The highest BCUT2D eigenvalue weighted by Crippen LogP contribution is 2.29. The Balaban J connectivity index is 2.64. The van der Waals surface area contributed by atoms with Crippen LogP contribution in [0.4, 0.5) is 0 Å². The lowest BCUT2D eigenvalue weighted by atomic mass is 10.1. The van der Waals surface area contributed by atoms with Crippen LogP contribution in [0.3, 0.4) is 0 Å². The minimum absolute atomic E-state index is 0.0452. The molecule has 0 radical (unpaired) electrons. The Bertz CT molecular complexity index is 430. The van der Waals surface area contributed by atoms with Gasteiger partial charge in [-0.15, -0.1) is 17.9 Å². The molecule has 0 bridgehead atoms. The molecule has 1 unspecified atom stereocenters. The van der Waals surface area contributed by atoms with Crippen molar-refractivity contribution in [1.29, 1.82) is 0 Å². The lowest BCUT2D eigenvalue weighted by Crippen LogP contribution is -2.04. The predicted octanol–water partition coefficient (Wildman–Crippen LogP) is 3.09.